The van der Waals surface area contributed by atoms with Crippen molar-refractivity contribution >= 4 is 23.6 Å². The average Bonchev–Trinajstić information content (AvgIpc) is 3.08. The lowest BCUT2D eigenvalue weighted by atomic mass is 10.2. The molecular weight excluding hydrogens is 370 g/mol. The molecule has 7 nitrogen and oxygen atoms in total. The van der Waals surface area contributed by atoms with Crippen molar-refractivity contribution in [3.8, 4) is 5.75 Å². The molecule has 0 unspecified atom stereocenters. The van der Waals surface area contributed by atoms with Crippen LogP contribution in [-0.2, 0) is 11.3 Å². The minimum absolute atomic E-state index is 0.0336. The van der Waals surface area contributed by atoms with Crippen LogP contribution < -0.4 is 15.4 Å². The predicted molar refractivity (Wildman–Crippen MR) is 101 cm³/mol. The van der Waals surface area contributed by atoms with E-state index < -0.39 is 12.5 Å². The Hall–Kier alpha value is -3.23. The summed E-state index contributed by atoms with van der Waals surface area (Å²) >= 11 is 0. The monoisotopic (exact) mass is 392 g/mol. The summed E-state index contributed by atoms with van der Waals surface area (Å²) < 4.78 is 30.1. The van der Waals surface area contributed by atoms with E-state index in [2.05, 4.69) is 20.5 Å². The predicted octanol–water partition coefficient (Wildman–Crippen LogP) is 3.30. The lowest BCUT2D eigenvalue weighted by molar-refractivity contribution is -0.111. The van der Waals surface area contributed by atoms with Crippen LogP contribution in [0, 0.1) is 0 Å². The summed E-state index contributed by atoms with van der Waals surface area (Å²) in [5.41, 5.74) is 1.08. The van der Waals surface area contributed by atoms with Gasteiger partial charge in [0.05, 0.1) is 5.69 Å². The first-order valence-corrected chi connectivity index (χ1v) is 8.82. The molecule has 1 heterocycles. The molecule has 2 rings (SSSR count). The summed E-state index contributed by atoms with van der Waals surface area (Å²) in [5, 5.41) is 9.54. The van der Waals surface area contributed by atoms with Crippen molar-refractivity contribution in [2.24, 2.45) is 0 Å². The Morgan fingerprint density at radius 3 is 2.57 bits per heavy atom. The molecule has 0 aliphatic carbocycles. The van der Waals surface area contributed by atoms with E-state index in [0.29, 0.717) is 24.3 Å². The highest BCUT2D eigenvalue weighted by molar-refractivity contribution is 6.06. The smallest absolute Gasteiger partial charge is 0.387 e. The highest BCUT2D eigenvalue weighted by Gasteiger charge is 2.17. The van der Waals surface area contributed by atoms with E-state index in [9.17, 15) is 18.4 Å². The van der Waals surface area contributed by atoms with Crippen LogP contribution in [0.4, 0.5) is 14.5 Å². The number of anilines is 1. The van der Waals surface area contributed by atoms with Gasteiger partial charge in [0.15, 0.2) is 5.69 Å². The number of aryl methyl sites for hydroxylation is 1. The maximum atomic E-state index is 12.2. The normalized spacial score (nSPS) is 11.0. The third kappa shape index (κ3) is 6.19. The molecule has 150 valence electrons. The van der Waals surface area contributed by atoms with Crippen LogP contribution in [-0.4, -0.2) is 34.8 Å². The third-order valence-corrected chi connectivity index (χ3v) is 3.63. The number of ether oxygens (including phenoxy) is 1. The summed E-state index contributed by atoms with van der Waals surface area (Å²) in [6.07, 6.45) is 5.16. The molecule has 0 spiro atoms. The lowest BCUT2D eigenvalue weighted by Crippen LogP contribution is -2.26. The minimum atomic E-state index is -2.89. The number of nitrogens with one attached hydrogen (secondary N) is 2. The van der Waals surface area contributed by atoms with Crippen molar-refractivity contribution < 1.29 is 23.1 Å². The first-order chi connectivity index (χ1) is 13.4. The van der Waals surface area contributed by atoms with Crippen molar-refractivity contribution in [3.63, 3.8) is 0 Å². The van der Waals surface area contributed by atoms with Gasteiger partial charge >= 0.3 is 6.61 Å². The summed E-state index contributed by atoms with van der Waals surface area (Å²) in [7, 11) is 0. The third-order valence-electron chi connectivity index (χ3n) is 3.63. The highest BCUT2D eigenvalue weighted by Crippen LogP contribution is 2.17. The van der Waals surface area contributed by atoms with E-state index in [1.807, 2.05) is 13.8 Å². The van der Waals surface area contributed by atoms with Crippen LogP contribution in [0.25, 0.3) is 6.08 Å². The number of alkyl halides is 2. The van der Waals surface area contributed by atoms with Gasteiger partial charge in [-0.3, -0.25) is 14.3 Å². The molecule has 1 aromatic carbocycles. The van der Waals surface area contributed by atoms with Crippen molar-refractivity contribution in [2.45, 2.75) is 33.4 Å². The second kappa shape index (κ2) is 10.2. The SMILES string of the molecule is CCCNC(=O)c1nn(CC)cc1NC(=O)/C=C\c1ccc(OC(F)F)cc1. The number of carbonyl (C=O) groups excluding carboxylic acids is 2. The van der Waals surface area contributed by atoms with E-state index in [4.69, 9.17) is 0 Å². The van der Waals surface area contributed by atoms with Gasteiger partial charge in [-0.05, 0) is 37.1 Å². The molecule has 1 aromatic heterocycles. The summed E-state index contributed by atoms with van der Waals surface area (Å²) in [6.45, 7) is 1.97. The number of carbonyl (C=O) groups is 2. The Morgan fingerprint density at radius 2 is 1.96 bits per heavy atom. The van der Waals surface area contributed by atoms with Gasteiger partial charge in [-0.25, -0.2) is 0 Å². The van der Waals surface area contributed by atoms with Crippen LogP contribution >= 0.6 is 0 Å². The number of halogens is 2. The average molecular weight is 392 g/mol. The Balaban J connectivity index is 2.04. The maximum Gasteiger partial charge on any atom is 0.387 e. The zero-order valence-electron chi connectivity index (χ0n) is 15.6. The molecule has 2 N–H and O–H groups in total. The van der Waals surface area contributed by atoms with E-state index in [0.717, 1.165) is 6.42 Å². The topological polar surface area (TPSA) is 85.3 Å². The molecule has 0 aliphatic rings. The quantitative estimate of drug-likeness (QED) is 0.642. The largest absolute Gasteiger partial charge is 0.435 e. The molecule has 0 fully saturated rings. The van der Waals surface area contributed by atoms with Crippen molar-refractivity contribution in [2.75, 3.05) is 11.9 Å². The summed E-state index contributed by atoms with van der Waals surface area (Å²) in [6, 6.07) is 5.84. The van der Waals surface area contributed by atoms with Gasteiger partial charge in [0.1, 0.15) is 5.75 Å². The van der Waals surface area contributed by atoms with Crippen LogP contribution in [0.5, 0.6) is 5.75 Å². The van der Waals surface area contributed by atoms with Gasteiger partial charge in [0.2, 0.25) is 5.91 Å². The molecule has 0 atom stereocenters. The molecule has 2 amide bonds. The molecule has 2 aromatic rings. The second-order valence-corrected chi connectivity index (χ2v) is 5.77. The van der Waals surface area contributed by atoms with E-state index in [1.54, 1.807) is 23.0 Å². The lowest BCUT2D eigenvalue weighted by Gasteiger charge is -2.04. The number of amides is 2. The van der Waals surface area contributed by atoms with Gasteiger partial charge < -0.3 is 15.4 Å². The zero-order valence-corrected chi connectivity index (χ0v) is 15.6. The Morgan fingerprint density at radius 1 is 1.25 bits per heavy atom. The zero-order chi connectivity index (χ0) is 20.5. The van der Waals surface area contributed by atoms with Gasteiger partial charge in [0.25, 0.3) is 5.91 Å². The fourth-order valence-electron chi connectivity index (χ4n) is 2.27. The molecule has 28 heavy (non-hydrogen) atoms. The second-order valence-electron chi connectivity index (χ2n) is 5.77. The summed E-state index contributed by atoms with van der Waals surface area (Å²) in [5.74, 6) is -0.776. The van der Waals surface area contributed by atoms with Crippen LogP contribution in [0.3, 0.4) is 0 Å². The molecule has 9 heteroatoms. The number of rotatable bonds is 9. The van der Waals surface area contributed by atoms with Gasteiger partial charge in [0, 0.05) is 25.4 Å². The van der Waals surface area contributed by atoms with E-state index in [1.165, 1.54) is 24.3 Å². The van der Waals surface area contributed by atoms with E-state index >= 15 is 0 Å². The molecule has 0 radical (unpaired) electrons. The van der Waals surface area contributed by atoms with Crippen LogP contribution in [0.2, 0.25) is 0 Å². The number of hydrogen-bond donors (Lipinski definition) is 2. The van der Waals surface area contributed by atoms with Crippen molar-refractivity contribution in [3.05, 3.63) is 47.8 Å². The minimum Gasteiger partial charge on any atom is -0.435 e. The number of benzene rings is 1. The van der Waals surface area contributed by atoms with Gasteiger partial charge in [-0.1, -0.05) is 19.1 Å². The standard InChI is InChI=1S/C19H22F2N4O3/c1-3-11-22-18(27)17-15(12-25(4-2)24-17)23-16(26)10-7-13-5-8-14(9-6-13)28-19(20)21/h5-10,12,19H,3-4,11H2,1-2H3,(H,22,27)(H,23,26)/b10-7-. The number of aromatic nitrogens is 2. The first-order valence-electron chi connectivity index (χ1n) is 8.82. The Labute approximate surface area is 161 Å². The number of nitrogens with zero attached hydrogens (tertiary/aromatic N) is 2. The van der Waals surface area contributed by atoms with Gasteiger partial charge in [-0.15, -0.1) is 0 Å². The summed E-state index contributed by atoms with van der Waals surface area (Å²) in [4.78, 5) is 24.4. The Bertz CT molecular complexity index is 832. The Kier molecular flexibility index (Phi) is 7.67. The van der Waals surface area contributed by atoms with Crippen LogP contribution in [0.15, 0.2) is 36.5 Å². The fraction of sp³-hybridized carbons (Fsp3) is 0.316. The first kappa shape index (κ1) is 21.1. The molecule has 0 saturated heterocycles. The maximum absolute atomic E-state index is 12.2. The molecular formula is C19H22F2N4O3. The van der Waals surface area contributed by atoms with E-state index in [-0.39, 0.29) is 17.4 Å². The fourth-order valence-corrected chi connectivity index (χ4v) is 2.27. The molecule has 0 saturated carbocycles. The van der Waals surface area contributed by atoms with Gasteiger partial charge in [-0.2, -0.15) is 13.9 Å². The van der Waals surface area contributed by atoms with Crippen LogP contribution in [0.1, 0.15) is 36.3 Å². The molecule has 0 bridgehead atoms. The van der Waals surface area contributed by atoms with Crippen molar-refractivity contribution in [1.82, 2.24) is 15.1 Å². The van der Waals surface area contributed by atoms with Crippen molar-refractivity contribution in [1.29, 1.82) is 0 Å². The molecule has 0 aliphatic heterocycles. The number of hydrogen-bond acceptors (Lipinski definition) is 4. The highest BCUT2D eigenvalue weighted by atomic mass is 19.3.